The largest absolute Gasteiger partial charge is 0.486 e. The smallest absolute Gasteiger partial charge is 0.273 e. The van der Waals surface area contributed by atoms with Crippen molar-refractivity contribution in [2.75, 3.05) is 25.1 Å². The highest BCUT2D eigenvalue weighted by atomic mass is 32.1. The SMILES string of the molecule is O=C(CNc1nc2ccccc2s1)NNC(=O)c1cn[nH]c1-c1ccc2c(c1)OCCO2. The Bertz CT molecular complexity index is 1270. The molecule has 2 aromatic heterocycles. The van der Waals surface area contributed by atoms with Crippen LogP contribution in [0.3, 0.4) is 0 Å². The molecule has 0 bridgehead atoms. The lowest BCUT2D eigenvalue weighted by Gasteiger charge is -2.18. The van der Waals surface area contributed by atoms with E-state index in [1.54, 1.807) is 18.2 Å². The van der Waals surface area contributed by atoms with Crippen molar-refractivity contribution in [3.05, 3.63) is 54.2 Å². The number of aromatic amines is 1. The minimum absolute atomic E-state index is 0.0412. The van der Waals surface area contributed by atoms with Crippen LogP contribution in [0.2, 0.25) is 0 Å². The number of benzene rings is 2. The van der Waals surface area contributed by atoms with Gasteiger partial charge in [-0.25, -0.2) is 4.98 Å². The minimum atomic E-state index is -0.503. The standard InChI is InChI=1S/C21H18N6O4S/c28-18(11-22-21-24-14-3-1-2-4-17(14)32-21)25-27-20(29)13-10-23-26-19(13)12-5-6-15-16(9-12)31-8-7-30-15/h1-6,9-10H,7-8,11H2,(H,22,24)(H,23,26)(H,25,28)(H,27,29). The molecule has 2 aromatic carbocycles. The number of aromatic nitrogens is 3. The summed E-state index contributed by atoms with van der Waals surface area (Å²) >= 11 is 1.45. The van der Waals surface area contributed by atoms with E-state index < -0.39 is 11.8 Å². The number of nitrogens with zero attached hydrogens (tertiary/aromatic N) is 2. The first-order valence-electron chi connectivity index (χ1n) is 9.79. The summed E-state index contributed by atoms with van der Waals surface area (Å²) in [6.45, 7) is 0.919. The molecule has 0 atom stereocenters. The zero-order valence-corrected chi connectivity index (χ0v) is 17.5. The van der Waals surface area contributed by atoms with Crippen molar-refractivity contribution in [1.82, 2.24) is 26.0 Å². The van der Waals surface area contributed by atoms with Gasteiger partial charge in [0.15, 0.2) is 16.6 Å². The van der Waals surface area contributed by atoms with E-state index in [-0.39, 0.29) is 12.1 Å². The fourth-order valence-electron chi connectivity index (χ4n) is 3.22. The maximum atomic E-state index is 12.6. The maximum Gasteiger partial charge on any atom is 0.273 e. The highest BCUT2D eigenvalue weighted by Crippen LogP contribution is 2.34. The number of amides is 2. The molecule has 4 aromatic rings. The number of rotatable bonds is 5. The third-order valence-corrected chi connectivity index (χ3v) is 5.72. The van der Waals surface area contributed by atoms with E-state index >= 15 is 0 Å². The molecule has 4 N–H and O–H groups in total. The van der Waals surface area contributed by atoms with Gasteiger partial charge in [0.05, 0.1) is 34.2 Å². The monoisotopic (exact) mass is 450 g/mol. The number of H-pyrrole nitrogens is 1. The average Bonchev–Trinajstić information content (AvgIpc) is 3.48. The Morgan fingerprint density at radius 3 is 2.78 bits per heavy atom. The van der Waals surface area contributed by atoms with Crippen molar-refractivity contribution in [2.24, 2.45) is 0 Å². The van der Waals surface area contributed by atoms with Gasteiger partial charge in [-0.1, -0.05) is 23.5 Å². The molecule has 0 aliphatic carbocycles. The van der Waals surface area contributed by atoms with Crippen molar-refractivity contribution in [3.8, 4) is 22.8 Å². The first-order valence-corrected chi connectivity index (χ1v) is 10.6. The third kappa shape index (κ3) is 4.05. The third-order valence-electron chi connectivity index (χ3n) is 4.72. The van der Waals surface area contributed by atoms with Crippen LogP contribution in [-0.4, -0.2) is 46.8 Å². The molecule has 162 valence electrons. The maximum absolute atomic E-state index is 12.6. The van der Waals surface area contributed by atoms with Crippen LogP contribution in [0, 0.1) is 0 Å². The molecule has 0 fully saturated rings. The summed E-state index contributed by atoms with van der Waals surface area (Å²) in [7, 11) is 0. The molecule has 1 aliphatic heterocycles. The molecule has 1 aliphatic rings. The van der Waals surface area contributed by atoms with Gasteiger partial charge in [0.25, 0.3) is 11.8 Å². The van der Waals surface area contributed by atoms with Crippen LogP contribution in [0.5, 0.6) is 11.5 Å². The zero-order valence-electron chi connectivity index (χ0n) is 16.7. The molecule has 0 unspecified atom stereocenters. The van der Waals surface area contributed by atoms with Crippen molar-refractivity contribution < 1.29 is 19.1 Å². The van der Waals surface area contributed by atoms with E-state index in [0.29, 0.717) is 41.1 Å². The molecule has 10 nitrogen and oxygen atoms in total. The van der Waals surface area contributed by atoms with E-state index in [2.05, 4.69) is 31.3 Å². The van der Waals surface area contributed by atoms with Gasteiger partial charge in [-0.15, -0.1) is 0 Å². The Kier molecular flexibility index (Phi) is 5.30. The highest BCUT2D eigenvalue weighted by molar-refractivity contribution is 7.22. The lowest BCUT2D eigenvalue weighted by Crippen LogP contribution is -2.44. The van der Waals surface area contributed by atoms with Gasteiger partial charge in [0.1, 0.15) is 13.2 Å². The summed E-state index contributed by atoms with van der Waals surface area (Å²) in [5.41, 5.74) is 7.15. The van der Waals surface area contributed by atoms with Crippen LogP contribution >= 0.6 is 11.3 Å². The number of anilines is 1. The molecule has 5 rings (SSSR count). The number of carbonyl (C=O) groups is 2. The number of para-hydroxylation sites is 1. The highest BCUT2D eigenvalue weighted by Gasteiger charge is 2.19. The van der Waals surface area contributed by atoms with E-state index in [0.717, 1.165) is 10.2 Å². The van der Waals surface area contributed by atoms with Crippen molar-refractivity contribution in [3.63, 3.8) is 0 Å². The second-order valence-electron chi connectivity index (χ2n) is 6.86. The van der Waals surface area contributed by atoms with Gasteiger partial charge >= 0.3 is 0 Å². The Hall–Kier alpha value is -4.12. The van der Waals surface area contributed by atoms with Crippen molar-refractivity contribution in [1.29, 1.82) is 0 Å². The number of carbonyl (C=O) groups excluding carboxylic acids is 2. The summed E-state index contributed by atoms with van der Waals surface area (Å²) in [6.07, 6.45) is 1.40. The predicted molar refractivity (Wildman–Crippen MR) is 119 cm³/mol. The zero-order chi connectivity index (χ0) is 21.9. The van der Waals surface area contributed by atoms with Crippen molar-refractivity contribution >= 4 is 38.5 Å². The first-order chi connectivity index (χ1) is 15.7. The Morgan fingerprint density at radius 1 is 1.06 bits per heavy atom. The lowest BCUT2D eigenvalue weighted by atomic mass is 10.1. The van der Waals surface area contributed by atoms with Crippen LogP contribution in [0.1, 0.15) is 10.4 Å². The number of hydrogen-bond donors (Lipinski definition) is 4. The number of hydrazine groups is 1. The van der Waals surface area contributed by atoms with Gasteiger partial charge in [0.2, 0.25) is 0 Å². The van der Waals surface area contributed by atoms with Gasteiger partial charge in [-0.3, -0.25) is 25.5 Å². The van der Waals surface area contributed by atoms with Crippen LogP contribution in [-0.2, 0) is 4.79 Å². The van der Waals surface area contributed by atoms with E-state index in [9.17, 15) is 9.59 Å². The number of hydrogen-bond acceptors (Lipinski definition) is 8. The fraction of sp³-hybridized carbons (Fsp3) is 0.143. The number of thiazole rings is 1. The number of fused-ring (bicyclic) bond motifs is 2. The molecule has 0 radical (unpaired) electrons. The molecule has 11 heteroatoms. The average molecular weight is 450 g/mol. The van der Waals surface area contributed by atoms with Crippen molar-refractivity contribution in [2.45, 2.75) is 0 Å². The van der Waals surface area contributed by atoms with Gasteiger partial charge < -0.3 is 14.8 Å². The quantitative estimate of drug-likeness (QED) is 0.343. The van der Waals surface area contributed by atoms with Crippen LogP contribution in [0.25, 0.3) is 21.5 Å². The van der Waals surface area contributed by atoms with Gasteiger partial charge in [-0.2, -0.15) is 5.10 Å². The number of ether oxygens (including phenoxy) is 2. The minimum Gasteiger partial charge on any atom is -0.486 e. The van der Waals surface area contributed by atoms with Crippen LogP contribution in [0.4, 0.5) is 5.13 Å². The first kappa shape index (κ1) is 19.8. The van der Waals surface area contributed by atoms with Gasteiger partial charge in [-0.05, 0) is 30.3 Å². The fourth-order valence-corrected chi connectivity index (χ4v) is 4.08. The summed E-state index contributed by atoms with van der Waals surface area (Å²) in [5, 5.41) is 10.4. The predicted octanol–water partition coefficient (Wildman–Crippen LogP) is 2.33. The second-order valence-corrected chi connectivity index (χ2v) is 7.89. The van der Waals surface area contributed by atoms with E-state index in [4.69, 9.17) is 9.47 Å². The molecule has 2 amide bonds. The Labute approximate surface area is 185 Å². The summed E-state index contributed by atoms with van der Waals surface area (Å²) in [4.78, 5) is 29.2. The summed E-state index contributed by atoms with van der Waals surface area (Å²) < 4.78 is 12.1. The van der Waals surface area contributed by atoms with Crippen LogP contribution in [0.15, 0.2) is 48.7 Å². The van der Waals surface area contributed by atoms with E-state index in [1.807, 2.05) is 24.3 Å². The lowest BCUT2D eigenvalue weighted by molar-refractivity contribution is -0.120. The topological polar surface area (TPSA) is 130 Å². The van der Waals surface area contributed by atoms with Gasteiger partial charge in [0, 0.05) is 5.56 Å². The number of nitrogens with one attached hydrogen (secondary N) is 4. The Balaban J connectivity index is 1.19. The molecule has 3 heterocycles. The van der Waals surface area contributed by atoms with E-state index in [1.165, 1.54) is 17.5 Å². The molecule has 0 spiro atoms. The van der Waals surface area contributed by atoms with Crippen LogP contribution < -0.4 is 25.6 Å². The molecular weight excluding hydrogens is 432 g/mol. The summed E-state index contributed by atoms with van der Waals surface area (Å²) in [5.74, 6) is 0.335. The molecule has 0 saturated heterocycles. The Morgan fingerprint density at radius 2 is 1.91 bits per heavy atom. The normalized spacial score (nSPS) is 12.4. The molecular formula is C21H18N6O4S. The summed E-state index contributed by atoms with van der Waals surface area (Å²) in [6, 6.07) is 13.1. The second kappa shape index (κ2) is 8.55. The molecule has 32 heavy (non-hydrogen) atoms. The molecule has 0 saturated carbocycles.